The second-order valence-electron chi connectivity index (χ2n) is 4.35. The Balaban J connectivity index is 2.40. The van der Waals surface area contributed by atoms with Crippen molar-refractivity contribution in [3.8, 4) is 0 Å². The normalized spacial score (nSPS) is 16.8. The number of hydrogen-bond donors (Lipinski definition) is 1. The fourth-order valence-corrected chi connectivity index (χ4v) is 1.86. The van der Waals surface area contributed by atoms with Crippen LogP contribution in [0.15, 0.2) is 46.3 Å². The topological polar surface area (TPSA) is 58.9 Å². The smallest absolute Gasteiger partial charge is 0.343 e. The van der Waals surface area contributed by atoms with Crippen LogP contribution in [0.2, 0.25) is 0 Å². The SMILES string of the molecule is COC(=O)C1=C(O)/C(=C\c2ccc(C)cc2)N=C1C. The number of carbonyl (C=O) groups is 1. The van der Waals surface area contributed by atoms with Gasteiger partial charge >= 0.3 is 5.97 Å². The minimum Gasteiger partial charge on any atom is -0.505 e. The Bertz CT molecular complexity index is 607. The van der Waals surface area contributed by atoms with E-state index in [2.05, 4.69) is 9.73 Å². The van der Waals surface area contributed by atoms with Gasteiger partial charge in [-0.05, 0) is 25.5 Å². The van der Waals surface area contributed by atoms with Crippen molar-refractivity contribution in [2.45, 2.75) is 13.8 Å². The predicted octanol–water partition coefficient (Wildman–Crippen LogP) is 2.80. The number of aryl methyl sites for hydroxylation is 1. The lowest BCUT2D eigenvalue weighted by molar-refractivity contribution is -0.135. The number of esters is 1. The van der Waals surface area contributed by atoms with Crippen LogP contribution in [0.1, 0.15) is 18.1 Å². The third kappa shape index (κ3) is 2.57. The molecule has 0 bridgehead atoms. The molecule has 1 aromatic carbocycles. The molecular formula is C15H15NO3. The van der Waals surface area contributed by atoms with Crippen LogP contribution in [-0.2, 0) is 9.53 Å². The van der Waals surface area contributed by atoms with Gasteiger partial charge in [-0.15, -0.1) is 0 Å². The Labute approximate surface area is 111 Å². The van der Waals surface area contributed by atoms with Crippen LogP contribution in [0.4, 0.5) is 0 Å². The highest BCUT2D eigenvalue weighted by Crippen LogP contribution is 2.26. The van der Waals surface area contributed by atoms with Crippen LogP contribution >= 0.6 is 0 Å². The van der Waals surface area contributed by atoms with Crippen LogP contribution in [0.5, 0.6) is 0 Å². The first kappa shape index (κ1) is 13.1. The van der Waals surface area contributed by atoms with Gasteiger partial charge in [0, 0.05) is 0 Å². The molecule has 1 N–H and O–H groups in total. The molecule has 1 aromatic rings. The van der Waals surface area contributed by atoms with E-state index in [0.717, 1.165) is 11.1 Å². The van der Waals surface area contributed by atoms with E-state index in [9.17, 15) is 9.90 Å². The van der Waals surface area contributed by atoms with Gasteiger partial charge in [-0.25, -0.2) is 9.79 Å². The average Bonchev–Trinajstić information content (AvgIpc) is 2.66. The first-order valence-corrected chi connectivity index (χ1v) is 5.89. The molecule has 0 fully saturated rings. The molecule has 4 heteroatoms. The van der Waals surface area contributed by atoms with Crippen molar-refractivity contribution in [3.63, 3.8) is 0 Å². The summed E-state index contributed by atoms with van der Waals surface area (Å²) < 4.78 is 4.62. The highest BCUT2D eigenvalue weighted by Gasteiger charge is 2.27. The number of methoxy groups -OCH3 is 1. The molecule has 1 heterocycles. The van der Waals surface area contributed by atoms with Gasteiger partial charge < -0.3 is 9.84 Å². The van der Waals surface area contributed by atoms with Crippen molar-refractivity contribution < 1.29 is 14.6 Å². The summed E-state index contributed by atoms with van der Waals surface area (Å²) in [5.41, 5.74) is 3.03. The van der Waals surface area contributed by atoms with Crippen LogP contribution < -0.4 is 0 Å². The summed E-state index contributed by atoms with van der Waals surface area (Å²) in [5, 5.41) is 10.0. The number of rotatable bonds is 2. The maximum atomic E-state index is 11.5. The third-order valence-electron chi connectivity index (χ3n) is 2.90. The highest BCUT2D eigenvalue weighted by atomic mass is 16.5. The Morgan fingerprint density at radius 3 is 2.47 bits per heavy atom. The molecule has 0 radical (unpaired) electrons. The predicted molar refractivity (Wildman–Crippen MR) is 73.9 cm³/mol. The van der Waals surface area contributed by atoms with E-state index in [1.54, 1.807) is 13.0 Å². The van der Waals surface area contributed by atoms with E-state index in [0.29, 0.717) is 11.4 Å². The Morgan fingerprint density at radius 1 is 1.26 bits per heavy atom. The van der Waals surface area contributed by atoms with E-state index >= 15 is 0 Å². The maximum absolute atomic E-state index is 11.5. The molecule has 4 nitrogen and oxygen atoms in total. The molecule has 0 spiro atoms. The summed E-state index contributed by atoms with van der Waals surface area (Å²) in [7, 11) is 1.28. The molecule has 0 saturated heterocycles. The summed E-state index contributed by atoms with van der Waals surface area (Å²) >= 11 is 0. The van der Waals surface area contributed by atoms with Crippen LogP contribution in [0, 0.1) is 6.92 Å². The summed E-state index contributed by atoms with van der Waals surface area (Å²) in [6, 6.07) is 7.80. The molecular weight excluding hydrogens is 242 g/mol. The van der Waals surface area contributed by atoms with Crippen LogP contribution in [0.3, 0.4) is 0 Å². The number of carbonyl (C=O) groups excluding carboxylic acids is 1. The number of aliphatic imine (C=N–C) groups is 1. The largest absolute Gasteiger partial charge is 0.505 e. The lowest BCUT2D eigenvalue weighted by atomic mass is 10.1. The van der Waals surface area contributed by atoms with Gasteiger partial charge in [-0.1, -0.05) is 29.8 Å². The van der Waals surface area contributed by atoms with Crippen LogP contribution in [-0.4, -0.2) is 23.9 Å². The molecule has 1 aliphatic rings. The molecule has 19 heavy (non-hydrogen) atoms. The zero-order valence-corrected chi connectivity index (χ0v) is 11.1. The van der Waals surface area contributed by atoms with Crippen molar-refractivity contribution in [3.05, 3.63) is 52.4 Å². The van der Waals surface area contributed by atoms with E-state index in [4.69, 9.17) is 0 Å². The Hall–Kier alpha value is -2.36. The number of benzene rings is 1. The van der Waals surface area contributed by atoms with Gasteiger partial charge in [-0.3, -0.25) is 0 Å². The van der Waals surface area contributed by atoms with Gasteiger partial charge in [0.2, 0.25) is 0 Å². The monoisotopic (exact) mass is 257 g/mol. The zero-order chi connectivity index (χ0) is 14.0. The quantitative estimate of drug-likeness (QED) is 0.829. The summed E-state index contributed by atoms with van der Waals surface area (Å²) in [6.07, 6.45) is 1.73. The van der Waals surface area contributed by atoms with Gasteiger partial charge in [0.1, 0.15) is 11.3 Å². The van der Waals surface area contributed by atoms with Gasteiger partial charge in [0.25, 0.3) is 0 Å². The lowest BCUT2D eigenvalue weighted by Crippen LogP contribution is -2.11. The standard InChI is InChI=1S/C15H15NO3/c1-9-4-6-11(7-5-9)8-12-14(17)13(10(2)16-12)15(18)19-3/h4-8,17H,1-3H3/b12-8+. The summed E-state index contributed by atoms with van der Waals surface area (Å²) in [5.74, 6) is -0.712. The molecule has 98 valence electrons. The molecule has 2 rings (SSSR count). The minimum absolute atomic E-state index is 0.126. The average molecular weight is 257 g/mol. The molecule has 1 aliphatic heterocycles. The maximum Gasteiger partial charge on any atom is 0.343 e. The lowest BCUT2D eigenvalue weighted by Gasteiger charge is -2.00. The summed E-state index contributed by atoms with van der Waals surface area (Å²) in [4.78, 5) is 15.7. The van der Waals surface area contributed by atoms with Gasteiger partial charge in [-0.2, -0.15) is 0 Å². The van der Waals surface area contributed by atoms with Crippen molar-refractivity contribution in [2.24, 2.45) is 4.99 Å². The second-order valence-corrected chi connectivity index (χ2v) is 4.35. The molecule has 0 aliphatic carbocycles. The summed E-state index contributed by atoms with van der Waals surface area (Å²) in [6.45, 7) is 3.67. The van der Waals surface area contributed by atoms with Crippen molar-refractivity contribution in [1.29, 1.82) is 0 Å². The Morgan fingerprint density at radius 2 is 1.89 bits per heavy atom. The molecule has 0 atom stereocenters. The minimum atomic E-state index is -0.578. The first-order chi connectivity index (χ1) is 9.02. The van der Waals surface area contributed by atoms with Crippen molar-refractivity contribution in [1.82, 2.24) is 0 Å². The van der Waals surface area contributed by atoms with Gasteiger partial charge in [0.05, 0.1) is 12.8 Å². The Kier molecular flexibility index (Phi) is 3.51. The fraction of sp³-hybridized carbons (Fsp3) is 0.200. The van der Waals surface area contributed by atoms with E-state index < -0.39 is 5.97 Å². The zero-order valence-electron chi connectivity index (χ0n) is 11.1. The molecule has 0 aromatic heterocycles. The molecule has 0 unspecified atom stereocenters. The van der Waals surface area contributed by atoms with Crippen molar-refractivity contribution in [2.75, 3.05) is 7.11 Å². The second kappa shape index (κ2) is 5.10. The fourth-order valence-electron chi connectivity index (χ4n) is 1.86. The van der Waals surface area contributed by atoms with Gasteiger partial charge in [0.15, 0.2) is 5.76 Å². The number of aliphatic hydroxyl groups is 1. The van der Waals surface area contributed by atoms with E-state index in [1.165, 1.54) is 7.11 Å². The number of hydrogen-bond acceptors (Lipinski definition) is 4. The number of ether oxygens (including phenoxy) is 1. The highest BCUT2D eigenvalue weighted by molar-refractivity contribution is 6.21. The molecule has 0 saturated carbocycles. The van der Waals surface area contributed by atoms with Crippen molar-refractivity contribution >= 4 is 17.8 Å². The first-order valence-electron chi connectivity index (χ1n) is 5.89. The third-order valence-corrected chi connectivity index (χ3v) is 2.90. The molecule has 0 amide bonds. The van der Waals surface area contributed by atoms with Crippen LogP contribution in [0.25, 0.3) is 6.08 Å². The number of nitrogens with zero attached hydrogens (tertiary/aromatic N) is 1. The van der Waals surface area contributed by atoms with E-state index in [-0.39, 0.29) is 11.3 Å². The van der Waals surface area contributed by atoms with E-state index in [1.807, 2.05) is 31.2 Å². The number of aliphatic hydroxyl groups excluding tert-OH is 1.